The molecule has 35 heavy (non-hydrogen) atoms. The van der Waals surface area contributed by atoms with Crippen molar-refractivity contribution in [1.82, 2.24) is 15.5 Å². The molecule has 2 atom stereocenters. The van der Waals surface area contributed by atoms with Crippen LogP contribution in [-0.4, -0.2) is 64.7 Å². The van der Waals surface area contributed by atoms with Gasteiger partial charge in [-0.05, 0) is 37.1 Å². The maximum absolute atomic E-state index is 13.3. The van der Waals surface area contributed by atoms with Crippen molar-refractivity contribution in [2.24, 2.45) is 9.98 Å². The number of benzene rings is 1. The lowest BCUT2D eigenvalue weighted by Gasteiger charge is -2.25. The number of carbonyl (C=O) groups excluding carboxylic acids is 3. The first kappa shape index (κ1) is 23.3. The number of hydrogen-bond acceptors (Lipinski definition) is 8. The molecule has 5 rings (SSSR count). The van der Waals surface area contributed by atoms with Crippen molar-refractivity contribution in [3.8, 4) is 0 Å². The van der Waals surface area contributed by atoms with Crippen LogP contribution in [0.4, 0.5) is 5.69 Å². The number of ether oxygens (including phenoxy) is 1. The summed E-state index contributed by atoms with van der Waals surface area (Å²) < 4.78 is 10.8. The van der Waals surface area contributed by atoms with Crippen LogP contribution >= 0.6 is 11.8 Å². The van der Waals surface area contributed by atoms with Gasteiger partial charge in [-0.2, -0.15) is 0 Å². The Labute approximate surface area is 206 Å². The lowest BCUT2D eigenvalue weighted by molar-refractivity contribution is -0.128. The van der Waals surface area contributed by atoms with E-state index in [4.69, 9.17) is 9.15 Å². The average molecular weight is 496 g/mol. The van der Waals surface area contributed by atoms with Gasteiger partial charge in [0.25, 0.3) is 5.91 Å². The number of thioether (sulfide) groups is 1. The van der Waals surface area contributed by atoms with Crippen LogP contribution in [0.2, 0.25) is 0 Å². The van der Waals surface area contributed by atoms with Crippen molar-refractivity contribution < 1.29 is 23.5 Å². The largest absolute Gasteiger partial charge is 0.467 e. The lowest BCUT2D eigenvalue weighted by atomic mass is 10.1. The Morgan fingerprint density at radius 1 is 1.14 bits per heavy atom. The van der Waals surface area contributed by atoms with Gasteiger partial charge in [0.2, 0.25) is 11.8 Å². The number of nitrogens with one attached hydrogen (secondary N) is 2. The quantitative estimate of drug-likeness (QED) is 0.577. The zero-order valence-corrected chi connectivity index (χ0v) is 19.8. The Kier molecular flexibility index (Phi) is 6.96. The molecule has 1 aromatic heterocycles. The number of nitrogens with zero attached hydrogens (tertiary/aromatic N) is 3. The number of furan rings is 1. The summed E-state index contributed by atoms with van der Waals surface area (Å²) >= 11 is 1.17. The lowest BCUT2D eigenvalue weighted by Crippen LogP contribution is -2.42. The summed E-state index contributed by atoms with van der Waals surface area (Å²) in [7, 11) is 0. The minimum absolute atomic E-state index is 0.0569. The van der Waals surface area contributed by atoms with E-state index in [9.17, 15) is 14.4 Å². The first-order chi connectivity index (χ1) is 17.1. The van der Waals surface area contributed by atoms with Gasteiger partial charge in [0, 0.05) is 18.7 Å². The molecule has 1 fully saturated rings. The van der Waals surface area contributed by atoms with E-state index in [-0.39, 0.29) is 42.5 Å². The molecule has 1 aromatic carbocycles. The molecular formula is C24H25N5O5S. The predicted octanol–water partition coefficient (Wildman–Crippen LogP) is 1.97. The van der Waals surface area contributed by atoms with Crippen molar-refractivity contribution in [1.29, 1.82) is 0 Å². The molecule has 4 heterocycles. The molecule has 3 aliphatic heterocycles. The van der Waals surface area contributed by atoms with Crippen LogP contribution in [0.5, 0.6) is 0 Å². The third kappa shape index (κ3) is 5.30. The molecule has 2 N–H and O–H groups in total. The van der Waals surface area contributed by atoms with Crippen LogP contribution in [0, 0.1) is 0 Å². The Hall–Kier alpha value is -3.44. The van der Waals surface area contributed by atoms with E-state index in [1.807, 2.05) is 24.3 Å². The zero-order chi connectivity index (χ0) is 24.2. The molecule has 11 heteroatoms. The number of rotatable bonds is 8. The van der Waals surface area contributed by atoms with Crippen LogP contribution in [-0.2, 0) is 25.7 Å². The highest BCUT2D eigenvalue weighted by Gasteiger charge is 2.42. The molecule has 182 valence electrons. The van der Waals surface area contributed by atoms with E-state index < -0.39 is 6.04 Å². The molecule has 0 bridgehead atoms. The number of amidine groups is 2. The van der Waals surface area contributed by atoms with Crippen LogP contribution in [0.1, 0.15) is 30.6 Å². The smallest absolute Gasteiger partial charge is 0.259 e. The molecule has 3 amide bonds. The summed E-state index contributed by atoms with van der Waals surface area (Å²) in [5, 5.41) is 6.00. The highest BCUT2D eigenvalue weighted by atomic mass is 32.2. The van der Waals surface area contributed by atoms with Crippen molar-refractivity contribution in [3.05, 3.63) is 54.0 Å². The maximum Gasteiger partial charge on any atom is 0.259 e. The first-order valence-electron chi connectivity index (χ1n) is 11.5. The van der Waals surface area contributed by atoms with Gasteiger partial charge in [0.05, 0.1) is 36.8 Å². The van der Waals surface area contributed by atoms with E-state index in [2.05, 4.69) is 20.6 Å². The number of aliphatic imine (C=N–C) groups is 2. The average Bonchev–Trinajstić information content (AvgIpc) is 3.63. The molecule has 0 radical (unpaired) electrons. The Morgan fingerprint density at radius 3 is 2.83 bits per heavy atom. The molecule has 0 saturated carbocycles. The van der Waals surface area contributed by atoms with Crippen molar-refractivity contribution in [2.45, 2.75) is 38.0 Å². The molecule has 2 aromatic rings. The van der Waals surface area contributed by atoms with Gasteiger partial charge in [-0.25, -0.2) is 9.89 Å². The minimum atomic E-state index is -0.869. The fourth-order valence-corrected chi connectivity index (χ4v) is 4.92. The monoisotopic (exact) mass is 495 g/mol. The predicted molar refractivity (Wildman–Crippen MR) is 130 cm³/mol. The van der Waals surface area contributed by atoms with Gasteiger partial charge in [0.1, 0.15) is 17.6 Å². The van der Waals surface area contributed by atoms with Gasteiger partial charge >= 0.3 is 0 Å². The van der Waals surface area contributed by atoms with Crippen LogP contribution in [0.3, 0.4) is 0 Å². The van der Waals surface area contributed by atoms with Crippen molar-refractivity contribution >= 4 is 46.2 Å². The zero-order valence-electron chi connectivity index (χ0n) is 18.9. The molecule has 10 nitrogen and oxygen atoms in total. The van der Waals surface area contributed by atoms with Gasteiger partial charge in [-0.15, -0.1) is 0 Å². The maximum atomic E-state index is 13.3. The van der Waals surface area contributed by atoms with Crippen molar-refractivity contribution in [2.75, 3.05) is 18.9 Å². The summed E-state index contributed by atoms with van der Waals surface area (Å²) in [5.74, 6) is 0.361. The Balaban J connectivity index is 1.25. The summed E-state index contributed by atoms with van der Waals surface area (Å²) in [4.78, 5) is 48.8. The number of hydrogen-bond donors (Lipinski definition) is 2. The second-order valence-electron chi connectivity index (χ2n) is 8.34. The normalized spacial score (nSPS) is 20.7. The van der Waals surface area contributed by atoms with Gasteiger partial charge in [-0.3, -0.25) is 19.4 Å². The third-order valence-corrected chi connectivity index (χ3v) is 6.79. The van der Waals surface area contributed by atoms with Gasteiger partial charge in [-0.1, -0.05) is 23.9 Å². The van der Waals surface area contributed by atoms with Crippen LogP contribution in [0.15, 0.2) is 57.1 Å². The van der Waals surface area contributed by atoms with Gasteiger partial charge in [0.15, 0.2) is 5.17 Å². The van der Waals surface area contributed by atoms with Gasteiger partial charge < -0.3 is 19.8 Å². The van der Waals surface area contributed by atoms with Crippen LogP contribution in [0.25, 0.3) is 0 Å². The standard InChI is InChI=1S/C24H25N5O5S/c30-20(25-12-15-5-3-9-33-15)11-19-23(32)29-22(27-19)17-7-1-2-8-18(17)28-24(29)35-14-21(31)26-13-16-6-4-10-34-16/h1-3,5,7-9,16,19H,4,6,10-14H2,(H,25,30)(H,26,31)/t16-,19-/m1/s1. The molecule has 0 aliphatic carbocycles. The fraction of sp³-hybridized carbons (Fsp3) is 0.375. The number of fused-ring (bicyclic) bond motifs is 3. The highest BCUT2D eigenvalue weighted by Crippen LogP contribution is 2.34. The van der Waals surface area contributed by atoms with E-state index in [0.29, 0.717) is 34.6 Å². The number of amides is 3. The van der Waals surface area contributed by atoms with E-state index in [1.165, 1.54) is 22.9 Å². The Bertz CT molecular complexity index is 1170. The summed E-state index contributed by atoms with van der Waals surface area (Å²) in [6, 6.07) is 10.0. The van der Waals surface area contributed by atoms with E-state index in [1.54, 1.807) is 12.1 Å². The second-order valence-corrected chi connectivity index (χ2v) is 9.28. The van der Waals surface area contributed by atoms with E-state index >= 15 is 0 Å². The molecule has 3 aliphatic rings. The number of para-hydroxylation sites is 1. The summed E-state index contributed by atoms with van der Waals surface area (Å²) in [5.41, 5.74) is 1.38. The van der Waals surface area contributed by atoms with Crippen LogP contribution < -0.4 is 10.6 Å². The Morgan fingerprint density at radius 2 is 2.03 bits per heavy atom. The van der Waals surface area contributed by atoms with E-state index in [0.717, 1.165) is 19.4 Å². The first-order valence-corrected chi connectivity index (χ1v) is 12.5. The molecule has 0 spiro atoms. The minimum Gasteiger partial charge on any atom is -0.467 e. The molecular weight excluding hydrogens is 470 g/mol. The second kappa shape index (κ2) is 10.4. The highest BCUT2D eigenvalue weighted by molar-refractivity contribution is 8.14. The molecule has 0 unspecified atom stereocenters. The van der Waals surface area contributed by atoms with Crippen molar-refractivity contribution in [3.63, 3.8) is 0 Å². The topological polar surface area (TPSA) is 126 Å². The fourth-order valence-electron chi connectivity index (χ4n) is 4.09. The third-order valence-electron chi connectivity index (χ3n) is 5.85. The molecule has 1 saturated heterocycles. The summed E-state index contributed by atoms with van der Waals surface area (Å²) in [6.45, 7) is 1.44. The SMILES string of the molecule is O=C(CSC1=Nc2ccccc2C2=N[C@H](CC(=O)NCc3ccco3)C(=O)N12)NC[C@H]1CCCO1. The number of carbonyl (C=O) groups is 3. The summed E-state index contributed by atoms with van der Waals surface area (Å²) in [6.07, 6.45) is 3.44.